The van der Waals surface area contributed by atoms with Gasteiger partial charge in [-0.15, -0.1) is 0 Å². The molecule has 2 aliphatic carbocycles. The molecule has 2 aromatic carbocycles. The average molecular weight is 365 g/mol. The third kappa shape index (κ3) is 2.60. The van der Waals surface area contributed by atoms with Gasteiger partial charge < -0.3 is 15.2 Å². The van der Waals surface area contributed by atoms with Crippen LogP contribution >= 0.6 is 0 Å². The van der Waals surface area contributed by atoms with Crippen LogP contribution in [0.5, 0.6) is 0 Å². The lowest BCUT2D eigenvalue weighted by Gasteiger charge is -2.52. The van der Waals surface area contributed by atoms with Gasteiger partial charge in [-0.2, -0.15) is 0 Å². The van der Waals surface area contributed by atoms with Crippen molar-refractivity contribution in [3.8, 4) is 11.1 Å². The van der Waals surface area contributed by atoms with E-state index in [4.69, 9.17) is 4.74 Å². The molecule has 2 N–H and O–H groups in total. The normalized spacial score (nSPS) is 25.9. The number of aliphatic carboxylic acids is 1. The van der Waals surface area contributed by atoms with Crippen LogP contribution in [0.2, 0.25) is 0 Å². The first-order valence-corrected chi connectivity index (χ1v) is 9.22. The first-order chi connectivity index (χ1) is 12.9. The minimum atomic E-state index is -0.960. The molecule has 4 rings (SSSR count). The van der Waals surface area contributed by atoms with Crippen LogP contribution in [-0.2, 0) is 9.53 Å². The van der Waals surface area contributed by atoms with E-state index in [-0.39, 0.29) is 12.5 Å². The molecule has 1 amide bonds. The van der Waals surface area contributed by atoms with Crippen molar-refractivity contribution in [3.63, 3.8) is 0 Å². The number of alkyl carbamates (subject to hydrolysis) is 1. The highest BCUT2D eigenvalue weighted by Crippen LogP contribution is 2.50. The minimum Gasteiger partial charge on any atom is -0.481 e. The second kappa shape index (κ2) is 6.12. The third-order valence-electron chi connectivity index (χ3n) is 6.54. The fourth-order valence-corrected chi connectivity index (χ4v) is 4.28. The van der Waals surface area contributed by atoms with Crippen molar-refractivity contribution in [1.29, 1.82) is 0 Å². The summed E-state index contributed by atoms with van der Waals surface area (Å²) in [6.07, 6.45) is 0.606. The molecule has 2 atom stereocenters. The Morgan fingerprint density at radius 2 is 1.59 bits per heavy atom. The van der Waals surface area contributed by atoms with E-state index in [0.717, 1.165) is 11.1 Å². The maximum absolute atomic E-state index is 12.4. The van der Waals surface area contributed by atoms with Crippen molar-refractivity contribution >= 4 is 12.1 Å². The molecule has 140 valence electrons. The summed E-state index contributed by atoms with van der Waals surface area (Å²) >= 11 is 0. The van der Waals surface area contributed by atoms with Gasteiger partial charge in [-0.05, 0) is 48.9 Å². The summed E-state index contributed by atoms with van der Waals surface area (Å²) in [6, 6.07) is 16.3. The predicted molar refractivity (Wildman–Crippen MR) is 102 cm³/mol. The number of carboxylic acids is 1. The molecule has 0 aromatic heterocycles. The Hall–Kier alpha value is -2.82. The van der Waals surface area contributed by atoms with Crippen LogP contribution in [0.3, 0.4) is 0 Å². The van der Waals surface area contributed by atoms with E-state index in [1.807, 2.05) is 24.3 Å². The number of benzene rings is 2. The van der Waals surface area contributed by atoms with Crippen LogP contribution in [0, 0.1) is 5.41 Å². The number of hydrogen-bond donors (Lipinski definition) is 2. The number of hydrogen-bond acceptors (Lipinski definition) is 3. The van der Waals surface area contributed by atoms with Crippen molar-refractivity contribution in [3.05, 3.63) is 59.7 Å². The van der Waals surface area contributed by atoms with Gasteiger partial charge in [0.1, 0.15) is 6.61 Å². The molecule has 5 nitrogen and oxygen atoms in total. The van der Waals surface area contributed by atoms with Gasteiger partial charge in [0.25, 0.3) is 0 Å². The van der Waals surface area contributed by atoms with Gasteiger partial charge in [-0.1, -0.05) is 48.5 Å². The number of amides is 1. The van der Waals surface area contributed by atoms with Crippen molar-refractivity contribution in [2.45, 2.75) is 38.1 Å². The number of rotatable bonds is 4. The summed E-state index contributed by atoms with van der Waals surface area (Å²) in [5.41, 5.74) is 2.89. The molecule has 0 heterocycles. The second-order valence-electron chi connectivity index (χ2n) is 7.92. The van der Waals surface area contributed by atoms with Crippen LogP contribution in [-0.4, -0.2) is 29.3 Å². The van der Waals surface area contributed by atoms with Crippen LogP contribution in [0.4, 0.5) is 4.79 Å². The second-order valence-corrected chi connectivity index (χ2v) is 7.92. The molecular formula is C22H23NO4. The van der Waals surface area contributed by atoms with Crippen LogP contribution in [0.25, 0.3) is 11.1 Å². The number of ether oxygens (including phenoxy) is 1. The van der Waals surface area contributed by atoms with E-state index in [0.29, 0.717) is 12.8 Å². The van der Waals surface area contributed by atoms with Crippen LogP contribution in [0.15, 0.2) is 48.5 Å². The zero-order chi connectivity index (χ0) is 19.2. The highest BCUT2D eigenvalue weighted by molar-refractivity contribution is 5.81. The van der Waals surface area contributed by atoms with Crippen molar-refractivity contribution < 1.29 is 19.4 Å². The molecule has 1 saturated carbocycles. The number of carbonyl (C=O) groups is 2. The Morgan fingerprint density at radius 1 is 1.04 bits per heavy atom. The summed E-state index contributed by atoms with van der Waals surface area (Å²) < 4.78 is 5.54. The molecule has 0 spiro atoms. The molecule has 0 radical (unpaired) electrons. The van der Waals surface area contributed by atoms with E-state index in [1.165, 1.54) is 11.1 Å². The summed E-state index contributed by atoms with van der Waals surface area (Å²) in [7, 11) is 0. The molecule has 2 aliphatic rings. The molecule has 27 heavy (non-hydrogen) atoms. The van der Waals surface area contributed by atoms with Crippen molar-refractivity contribution in [2.24, 2.45) is 5.41 Å². The van der Waals surface area contributed by atoms with Crippen molar-refractivity contribution in [2.75, 3.05) is 6.61 Å². The van der Waals surface area contributed by atoms with E-state index >= 15 is 0 Å². The number of fused-ring (bicyclic) bond motifs is 3. The van der Waals surface area contributed by atoms with Gasteiger partial charge >= 0.3 is 12.1 Å². The summed E-state index contributed by atoms with van der Waals surface area (Å²) in [6.45, 7) is 3.66. The SMILES string of the molecule is C[C@@]1(C(=O)O)CC[C@]1(C)NC(=O)OCC1c2ccccc2-c2ccccc21. The van der Waals surface area contributed by atoms with Gasteiger partial charge in [0.2, 0.25) is 0 Å². The average Bonchev–Trinajstić information content (AvgIpc) is 2.98. The quantitative estimate of drug-likeness (QED) is 0.853. The number of carboxylic acid groups (broad SMARTS) is 1. The molecule has 0 saturated heterocycles. The lowest BCUT2D eigenvalue weighted by Crippen LogP contribution is -2.67. The monoisotopic (exact) mass is 365 g/mol. The lowest BCUT2D eigenvalue weighted by atomic mass is 9.56. The molecule has 0 bridgehead atoms. The van der Waals surface area contributed by atoms with Gasteiger partial charge in [-0.3, -0.25) is 4.79 Å². The maximum atomic E-state index is 12.4. The fourth-order valence-electron chi connectivity index (χ4n) is 4.28. The number of carbonyl (C=O) groups excluding carboxylic acids is 1. The summed E-state index contributed by atoms with van der Waals surface area (Å²) in [4.78, 5) is 24.0. The Balaban J connectivity index is 1.48. The van der Waals surface area contributed by atoms with Crippen LogP contribution < -0.4 is 5.32 Å². The Labute approximate surface area is 158 Å². The highest BCUT2D eigenvalue weighted by Gasteiger charge is 2.59. The van der Waals surface area contributed by atoms with E-state index < -0.39 is 23.0 Å². The predicted octanol–water partition coefficient (Wildman–Crippen LogP) is 4.17. The van der Waals surface area contributed by atoms with Gasteiger partial charge in [-0.25, -0.2) is 4.79 Å². The molecule has 2 aromatic rings. The third-order valence-corrected chi connectivity index (χ3v) is 6.54. The topological polar surface area (TPSA) is 75.6 Å². The van der Waals surface area contributed by atoms with E-state index in [9.17, 15) is 14.7 Å². The maximum Gasteiger partial charge on any atom is 0.407 e. The first-order valence-electron chi connectivity index (χ1n) is 9.22. The van der Waals surface area contributed by atoms with Gasteiger partial charge in [0.05, 0.1) is 11.0 Å². The fraction of sp³-hybridized carbons (Fsp3) is 0.364. The minimum absolute atomic E-state index is 0.0109. The van der Waals surface area contributed by atoms with Crippen molar-refractivity contribution in [1.82, 2.24) is 5.32 Å². The smallest absolute Gasteiger partial charge is 0.407 e. The van der Waals surface area contributed by atoms with E-state index in [1.54, 1.807) is 13.8 Å². The number of nitrogens with one attached hydrogen (secondary N) is 1. The standard InChI is InChI=1S/C22H23NO4/c1-21(19(24)25)11-12-22(21,2)23-20(26)27-13-18-16-9-5-3-7-14(16)15-8-4-6-10-17(15)18/h3-10,18H,11-13H2,1-2H3,(H,23,26)(H,24,25)/t21-,22-/m0/s1. The molecule has 1 fully saturated rings. The first kappa shape index (κ1) is 17.6. The zero-order valence-electron chi connectivity index (χ0n) is 15.5. The Kier molecular flexibility index (Phi) is 3.98. The summed E-state index contributed by atoms with van der Waals surface area (Å²) in [5, 5.41) is 12.3. The summed E-state index contributed by atoms with van der Waals surface area (Å²) in [5.74, 6) is -0.904. The molecular weight excluding hydrogens is 342 g/mol. The molecule has 0 unspecified atom stereocenters. The lowest BCUT2D eigenvalue weighted by molar-refractivity contribution is -0.162. The van der Waals surface area contributed by atoms with Gasteiger partial charge in [0.15, 0.2) is 0 Å². The Morgan fingerprint density at radius 3 is 2.07 bits per heavy atom. The zero-order valence-corrected chi connectivity index (χ0v) is 15.5. The molecule has 5 heteroatoms. The van der Waals surface area contributed by atoms with Gasteiger partial charge in [0, 0.05) is 5.92 Å². The molecule has 0 aliphatic heterocycles. The van der Waals surface area contributed by atoms with Crippen LogP contribution in [0.1, 0.15) is 43.7 Å². The largest absolute Gasteiger partial charge is 0.481 e. The highest BCUT2D eigenvalue weighted by atomic mass is 16.5. The Bertz CT molecular complexity index is 879. The van der Waals surface area contributed by atoms with E-state index in [2.05, 4.69) is 29.6 Å².